The van der Waals surface area contributed by atoms with Crippen molar-refractivity contribution in [3.63, 3.8) is 0 Å². The van der Waals surface area contributed by atoms with Gasteiger partial charge in [-0.3, -0.25) is 9.59 Å². The number of nitrogens with one attached hydrogen (secondary N) is 1. The van der Waals surface area contributed by atoms with Crippen LogP contribution in [0.15, 0.2) is 30.5 Å². The molecule has 2 heterocycles. The minimum atomic E-state index is -3.10. The number of aromatic amines is 1. The van der Waals surface area contributed by atoms with Gasteiger partial charge in [-0.25, -0.2) is 8.42 Å². The number of rotatable bonds is 8. The van der Waals surface area contributed by atoms with Gasteiger partial charge in [0.1, 0.15) is 0 Å². The van der Waals surface area contributed by atoms with Crippen molar-refractivity contribution in [2.45, 2.75) is 39.2 Å². The Bertz CT molecular complexity index is 980. The van der Waals surface area contributed by atoms with Gasteiger partial charge in [0.05, 0.1) is 11.5 Å². The van der Waals surface area contributed by atoms with Crippen molar-refractivity contribution in [1.82, 2.24) is 9.88 Å². The molecule has 0 saturated carbocycles. The SMILES string of the molecule is CC(C)CN(C(=O)COC(=O)CCc1c[nH]c2ccccc12)[C@@H]1CCS(=O)(=O)C1. The summed E-state index contributed by atoms with van der Waals surface area (Å²) >= 11 is 0. The molecule has 1 atom stereocenters. The first-order valence-corrected chi connectivity index (χ1v) is 11.8. The molecular formula is C21H28N2O5S. The van der Waals surface area contributed by atoms with E-state index in [1.54, 1.807) is 4.90 Å². The van der Waals surface area contributed by atoms with Gasteiger partial charge in [0, 0.05) is 36.1 Å². The van der Waals surface area contributed by atoms with Crippen molar-refractivity contribution < 1.29 is 22.7 Å². The van der Waals surface area contributed by atoms with Crippen LogP contribution in [0.5, 0.6) is 0 Å². The zero-order valence-corrected chi connectivity index (χ0v) is 17.7. The first-order chi connectivity index (χ1) is 13.7. The molecular weight excluding hydrogens is 392 g/mol. The summed E-state index contributed by atoms with van der Waals surface area (Å²) in [6.45, 7) is 4.04. The zero-order valence-electron chi connectivity index (χ0n) is 16.9. The molecule has 1 aromatic heterocycles. The molecule has 1 aliphatic heterocycles. The van der Waals surface area contributed by atoms with Crippen molar-refractivity contribution in [1.29, 1.82) is 0 Å². The molecule has 1 saturated heterocycles. The van der Waals surface area contributed by atoms with Crippen LogP contribution in [0.4, 0.5) is 0 Å². The number of fused-ring (bicyclic) bond motifs is 1. The first-order valence-electron chi connectivity index (χ1n) is 9.95. The lowest BCUT2D eigenvalue weighted by atomic mass is 10.1. The van der Waals surface area contributed by atoms with Gasteiger partial charge >= 0.3 is 5.97 Å². The zero-order chi connectivity index (χ0) is 21.0. The van der Waals surface area contributed by atoms with Gasteiger partial charge in [-0.05, 0) is 30.4 Å². The highest BCUT2D eigenvalue weighted by molar-refractivity contribution is 7.91. The largest absolute Gasteiger partial charge is 0.456 e. The molecule has 7 nitrogen and oxygen atoms in total. The number of hydrogen-bond donors (Lipinski definition) is 1. The lowest BCUT2D eigenvalue weighted by molar-refractivity contribution is -0.153. The molecule has 1 aromatic carbocycles. The topological polar surface area (TPSA) is 96.5 Å². The number of nitrogens with zero attached hydrogens (tertiary/aromatic N) is 1. The number of para-hydroxylation sites is 1. The first kappa shape index (κ1) is 21.4. The Morgan fingerprint density at radius 3 is 2.72 bits per heavy atom. The Morgan fingerprint density at radius 2 is 2.03 bits per heavy atom. The monoisotopic (exact) mass is 420 g/mol. The van der Waals surface area contributed by atoms with E-state index >= 15 is 0 Å². The summed E-state index contributed by atoms with van der Waals surface area (Å²) in [6, 6.07) is 7.53. The van der Waals surface area contributed by atoms with E-state index in [4.69, 9.17) is 4.74 Å². The highest BCUT2D eigenvalue weighted by Gasteiger charge is 2.35. The highest BCUT2D eigenvalue weighted by atomic mass is 32.2. The van der Waals surface area contributed by atoms with Gasteiger partial charge in [-0.1, -0.05) is 32.0 Å². The number of amides is 1. The number of aryl methyl sites for hydroxylation is 1. The fraction of sp³-hybridized carbons (Fsp3) is 0.524. The van der Waals surface area contributed by atoms with Crippen LogP contribution in [-0.4, -0.2) is 60.9 Å². The molecule has 0 spiro atoms. The fourth-order valence-corrected chi connectivity index (χ4v) is 5.47. The Labute approximate surface area is 171 Å². The molecule has 1 N–H and O–H groups in total. The molecule has 2 aromatic rings. The Morgan fingerprint density at radius 1 is 1.28 bits per heavy atom. The third-order valence-corrected chi connectivity index (χ3v) is 6.91. The van der Waals surface area contributed by atoms with Crippen LogP contribution in [0.2, 0.25) is 0 Å². The standard InChI is InChI=1S/C21H28N2O5S/c1-15(2)12-23(17-9-10-29(26,27)14-17)20(24)13-28-21(25)8-7-16-11-22-19-6-4-3-5-18(16)19/h3-6,11,15,17,22H,7-10,12-14H2,1-2H3/t17-/m1/s1. The third kappa shape index (κ3) is 5.59. The lowest BCUT2D eigenvalue weighted by Crippen LogP contribution is -2.45. The van der Waals surface area contributed by atoms with Crippen molar-refractivity contribution in [3.8, 4) is 0 Å². The lowest BCUT2D eigenvalue weighted by Gasteiger charge is -2.29. The van der Waals surface area contributed by atoms with Crippen LogP contribution in [0, 0.1) is 5.92 Å². The Hall–Kier alpha value is -2.35. The second-order valence-corrected chi connectivity index (χ2v) is 10.2. The molecule has 1 aliphatic rings. The molecule has 0 unspecified atom stereocenters. The highest BCUT2D eigenvalue weighted by Crippen LogP contribution is 2.20. The molecule has 1 fully saturated rings. The van der Waals surface area contributed by atoms with Gasteiger partial charge in [0.15, 0.2) is 16.4 Å². The molecule has 0 radical (unpaired) electrons. The number of carbonyl (C=O) groups excluding carboxylic acids is 2. The average molecular weight is 421 g/mol. The van der Waals surface area contributed by atoms with Crippen molar-refractivity contribution >= 4 is 32.6 Å². The Balaban J connectivity index is 1.52. The summed E-state index contributed by atoms with van der Waals surface area (Å²) < 4.78 is 28.8. The molecule has 8 heteroatoms. The smallest absolute Gasteiger partial charge is 0.306 e. The van der Waals surface area contributed by atoms with E-state index < -0.39 is 15.8 Å². The number of esters is 1. The predicted octanol–water partition coefficient (Wildman–Crippen LogP) is 2.32. The number of sulfone groups is 1. The van der Waals surface area contributed by atoms with E-state index in [9.17, 15) is 18.0 Å². The van der Waals surface area contributed by atoms with Crippen LogP contribution in [0.25, 0.3) is 10.9 Å². The maximum Gasteiger partial charge on any atom is 0.306 e. The van der Waals surface area contributed by atoms with Gasteiger partial charge in [0.2, 0.25) is 0 Å². The molecule has 158 valence electrons. The summed E-state index contributed by atoms with van der Waals surface area (Å²) in [5, 5.41) is 1.07. The predicted molar refractivity (Wildman–Crippen MR) is 111 cm³/mol. The minimum Gasteiger partial charge on any atom is -0.456 e. The van der Waals surface area contributed by atoms with E-state index in [1.165, 1.54) is 0 Å². The minimum absolute atomic E-state index is 0.0139. The fourth-order valence-electron chi connectivity index (χ4n) is 3.74. The number of ether oxygens (including phenoxy) is 1. The van der Waals surface area contributed by atoms with Gasteiger partial charge in [0.25, 0.3) is 5.91 Å². The summed E-state index contributed by atoms with van der Waals surface area (Å²) in [5.41, 5.74) is 2.04. The molecule has 1 amide bonds. The summed E-state index contributed by atoms with van der Waals surface area (Å²) in [4.78, 5) is 29.5. The second kappa shape index (κ2) is 8.98. The quantitative estimate of drug-likeness (QED) is 0.661. The molecule has 0 aliphatic carbocycles. The van der Waals surface area contributed by atoms with Gasteiger partial charge in [-0.15, -0.1) is 0 Å². The summed E-state index contributed by atoms with van der Waals surface area (Å²) in [6.07, 6.45) is 3.02. The van der Waals surface area contributed by atoms with E-state index in [0.29, 0.717) is 19.4 Å². The second-order valence-electron chi connectivity index (χ2n) is 8.02. The van der Waals surface area contributed by atoms with E-state index in [-0.39, 0.29) is 42.4 Å². The number of hydrogen-bond acceptors (Lipinski definition) is 5. The van der Waals surface area contributed by atoms with Crippen LogP contribution >= 0.6 is 0 Å². The molecule has 29 heavy (non-hydrogen) atoms. The number of aromatic nitrogens is 1. The van der Waals surface area contributed by atoms with E-state index in [2.05, 4.69) is 4.98 Å². The molecule has 0 bridgehead atoms. The molecule has 3 rings (SSSR count). The van der Waals surface area contributed by atoms with Crippen molar-refractivity contribution in [2.24, 2.45) is 5.92 Å². The van der Waals surface area contributed by atoms with Crippen LogP contribution < -0.4 is 0 Å². The van der Waals surface area contributed by atoms with E-state index in [0.717, 1.165) is 16.5 Å². The summed E-state index contributed by atoms with van der Waals surface area (Å²) in [5.74, 6) is -0.488. The number of benzene rings is 1. The number of carbonyl (C=O) groups is 2. The summed E-state index contributed by atoms with van der Waals surface area (Å²) in [7, 11) is -3.10. The van der Waals surface area contributed by atoms with Gasteiger partial charge in [-0.2, -0.15) is 0 Å². The third-order valence-electron chi connectivity index (χ3n) is 5.16. The number of H-pyrrole nitrogens is 1. The van der Waals surface area contributed by atoms with Crippen molar-refractivity contribution in [2.75, 3.05) is 24.7 Å². The average Bonchev–Trinajstić information content (AvgIpc) is 3.25. The van der Waals surface area contributed by atoms with Crippen LogP contribution in [-0.2, 0) is 30.6 Å². The van der Waals surface area contributed by atoms with Crippen LogP contribution in [0.1, 0.15) is 32.3 Å². The Kier molecular flexibility index (Phi) is 6.62. The maximum atomic E-state index is 12.6. The van der Waals surface area contributed by atoms with Gasteiger partial charge < -0.3 is 14.6 Å². The van der Waals surface area contributed by atoms with E-state index in [1.807, 2.05) is 44.3 Å². The van der Waals surface area contributed by atoms with Crippen LogP contribution in [0.3, 0.4) is 0 Å². The maximum absolute atomic E-state index is 12.6. The van der Waals surface area contributed by atoms with Crippen molar-refractivity contribution in [3.05, 3.63) is 36.0 Å². The normalized spacial score (nSPS) is 18.2.